The Hall–Kier alpha value is -2.27. The first-order valence-corrected chi connectivity index (χ1v) is 9.30. The molecule has 3 heterocycles. The van der Waals surface area contributed by atoms with E-state index >= 15 is 0 Å². The average Bonchev–Trinajstić information content (AvgIpc) is 3.28. The summed E-state index contributed by atoms with van der Waals surface area (Å²) < 4.78 is 30.3. The fourth-order valence-corrected chi connectivity index (χ4v) is 4.62. The van der Waals surface area contributed by atoms with Crippen molar-refractivity contribution in [3.05, 3.63) is 53.8 Å². The Kier molecular flexibility index (Phi) is 3.97. The zero-order chi connectivity index (χ0) is 17.5. The van der Waals surface area contributed by atoms with Crippen molar-refractivity contribution in [2.75, 3.05) is 13.4 Å². The van der Waals surface area contributed by atoms with Gasteiger partial charge in [-0.1, -0.05) is 12.1 Å². The monoisotopic (exact) mass is 355 g/mol. The summed E-state index contributed by atoms with van der Waals surface area (Å²) in [6, 6.07) is 13.7. The molecule has 26 heavy (non-hydrogen) atoms. The van der Waals surface area contributed by atoms with Gasteiger partial charge in [0.25, 0.3) is 0 Å². The highest BCUT2D eigenvalue weighted by Crippen LogP contribution is 2.42. The molecule has 136 valence electrons. The number of hydrogen-bond acceptors (Lipinski definition) is 4. The number of nitrogens with one attached hydrogen (secondary N) is 1. The summed E-state index contributed by atoms with van der Waals surface area (Å²) in [5.74, 6) is 2.87. The SMILES string of the molecule is Fc1ccc(C2CC3CC[C@@H](N3)[C@@H]2COc2ccc3c(c2)OCO3)cc1. The van der Waals surface area contributed by atoms with Crippen molar-refractivity contribution in [2.45, 2.75) is 37.3 Å². The zero-order valence-electron chi connectivity index (χ0n) is 14.5. The van der Waals surface area contributed by atoms with Gasteiger partial charge in [0.05, 0.1) is 6.61 Å². The van der Waals surface area contributed by atoms with Gasteiger partial charge in [0, 0.05) is 24.1 Å². The molecule has 2 aromatic rings. The molecule has 0 saturated carbocycles. The zero-order valence-corrected chi connectivity index (χ0v) is 14.5. The molecule has 5 heteroatoms. The highest BCUT2D eigenvalue weighted by atomic mass is 19.1. The summed E-state index contributed by atoms with van der Waals surface area (Å²) in [5.41, 5.74) is 1.21. The molecular weight excluding hydrogens is 333 g/mol. The first-order chi connectivity index (χ1) is 12.8. The number of ether oxygens (including phenoxy) is 3. The van der Waals surface area contributed by atoms with Crippen LogP contribution in [0.5, 0.6) is 17.2 Å². The third kappa shape index (κ3) is 2.90. The molecule has 2 unspecified atom stereocenters. The van der Waals surface area contributed by atoms with Crippen LogP contribution in [0, 0.1) is 11.7 Å². The van der Waals surface area contributed by atoms with E-state index in [1.165, 1.54) is 18.4 Å². The quantitative estimate of drug-likeness (QED) is 0.904. The Morgan fingerprint density at radius 1 is 1.04 bits per heavy atom. The van der Waals surface area contributed by atoms with Gasteiger partial charge in [-0.2, -0.15) is 0 Å². The van der Waals surface area contributed by atoms with Crippen LogP contribution in [0.2, 0.25) is 0 Å². The molecule has 2 saturated heterocycles. The van der Waals surface area contributed by atoms with Gasteiger partial charge in [-0.15, -0.1) is 0 Å². The third-order valence-corrected chi connectivity index (χ3v) is 5.93. The van der Waals surface area contributed by atoms with E-state index in [2.05, 4.69) is 5.32 Å². The lowest BCUT2D eigenvalue weighted by Crippen LogP contribution is -2.46. The molecule has 2 bridgehead atoms. The van der Waals surface area contributed by atoms with Crippen LogP contribution in [-0.4, -0.2) is 25.5 Å². The highest BCUT2D eigenvalue weighted by molar-refractivity contribution is 5.46. The Labute approximate surface area is 152 Å². The minimum absolute atomic E-state index is 0.182. The summed E-state index contributed by atoms with van der Waals surface area (Å²) in [7, 11) is 0. The molecule has 3 aliphatic rings. The highest BCUT2D eigenvalue weighted by Gasteiger charge is 2.42. The van der Waals surface area contributed by atoms with E-state index in [1.54, 1.807) is 12.1 Å². The molecule has 0 amide bonds. The predicted octanol–water partition coefficient (Wildman–Crippen LogP) is 3.86. The van der Waals surface area contributed by atoms with E-state index in [1.807, 2.05) is 30.3 Å². The van der Waals surface area contributed by atoms with Crippen molar-refractivity contribution in [2.24, 2.45) is 5.92 Å². The standard InChI is InChI=1S/C21H22FNO3/c22-14-3-1-13(2-4-14)17-9-15-5-7-19(23-15)18(17)11-24-16-6-8-20-21(10-16)26-12-25-20/h1-4,6,8,10,15,17-19,23H,5,7,9,11-12H2/t15?,17?,18-,19-/m1/s1. The second kappa shape index (κ2) is 6.47. The molecule has 0 radical (unpaired) electrons. The number of rotatable bonds is 4. The minimum atomic E-state index is -0.182. The lowest BCUT2D eigenvalue weighted by molar-refractivity contribution is 0.158. The molecule has 1 N–H and O–H groups in total. The van der Waals surface area contributed by atoms with Crippen LogP contribution in [0.15, 0.2) is 42.5 Å². The summed E-state index contributed by atoms with van der Waals surface area (Å²) >= 11 is 0. The van der Waals surface area contributed by atoms with E-state index in [-0.39, 0.29) is 12.6 Å². The van der Waals surface area contributed by atoms with E-state index < -0.39 is 0 Å². The predicted molar refractivity (Wildman–Crippen MR) is 95.3 cm³/mol. The van der Waals surface area contributed by atoms with Gasteiger partial charge in [0.15, 0.2) is 11.5 Å². The maximum absolute atomic E-state index is 13.3. The Morgan fingerprint density at radius 3 is 2.77 bits per heavy atom. The van der Waals surface area contributed by atoms with Crippen LogP contribution in [0.3, 0.4) is 0 Å². The number of benzene rings is 2. The Morgan fingerprint density at radius 2 is 1.88 bits per heavy atom. The van der Waals surface area contributed by atoms with Crippen molar-refractivity contribution >= 4 is 0 Å². The Balaban J connectivity index is 1.35. The molecule has 4 atom stereocenters. The van der Waals surface area contributed by atoms with Gasteiger partial charge in [0.2, 0.25) is 6.79 Å². The van der Waals surface area contributed by atoms with Crippen LogP contribution in [0.4, 0.5) is 4.39 Å². The van der Waals surface area contributed by atoms with Crippen LogP contribution in [0.25, 0.3) is 0 Å². The van der Waals surface area contributed by atoms with Crippen LogP contribution >= 0.6 is 0 Å². The van der Waals surface area contributed by atoms with Gasteiger partial charge in [-0.25, -0.2) is 4.39 Å². The molecule has 5 rings (SSSR count). The van der Waals surface area contributed by atoms with Gasteiger partial charge in [-0.05, 0) is 55.0 Å². The van der Waals surface area contributed by atoms with Crippen molar-refractivity contribution in [3.63, 3.8) is 0 Å². The van der Waals surface area contributed by atoms with Crippen LogP contribution in [0.1, 0.15) is 30.7 Å². The minimum Gasteiger partial charge on any atom is -0.493 e. The second-order valence-electron chi connectivity index (χ2n) is 7.43. The number of hydrogen-bond donors (Lipinski definition) is 1. The van der Waals surface area contributed by atoms with E-state index in [9.17, 15) is 4.39 Å². The average molecular weight is 355 g/mol. The van der Waals surface area contributed by atoms with Crippen molar-refractivity contribution in [3.8, 4) is 17.2 Å². The largest absolute Gasteiger partial charge is 0.493 e. The number of piperidine rings is 1. The number of fused-ring (bicyclic) bond motifs is 3. The lowest BCUT2D eigenvalue weighted by Gasteiger charge is -2.38. The van der Waals surface area contributed by atoms with Gasteiger partial charge < -0.3 is 19.5 Å². The maximum Gasteiger partial charge on any atom is 0.231 e. The van der Waals surface area contributed by atoms with Gasteiger partial charge in [-0.3, -0.25) is 0 Å². The van der Waals surface area contributed by atoms with Crippen molar-refractivity contribution < 1.29 is 18.6 Å². The molecule has 0 spiro atoms. The summed E-state index contributed by atoms with van der Waals surface area (Å²) in [4.78, 5) is 0. The smallest absolute Gasteiger partial charge is 0.231 e. The third-order valence-electron chi connectivity index (χ3n) is 5.93. The first kappa shape index (κ1) is 15.9. The van der Waals surface area contributed by atoms with Crippen molar-refractivity contribution in [1.29, 1.82) is 0 Å². The van der Waals surface area contributed by atoms with E-state index in [4.69, 9.17) is 14.2 Å². The lowest BCUT2D eigenvalue weighted by atomic mass is 9.77. The second-order valence-corrected chi connectivity index (χ2v) is 7.43. The summed E-state index contributed by atoms with van der Waals surface area (Å²) in [5, 5.41) is 3.73. The molecule has 2 fully saturated rings. The molecule has 3 aliphatic heterocycles. The fourth-order valence-electron chi connectivity index (χ4n) is 4.62. The summed E-state index contributed by atoms with van der Waals surface area (Å²) in [6.45, 7) is 0.896. The molecule has 0 aliphatic carbocycles. The van der Waals surface area contributed by atoms with Crippen LogP contribution in [-0.2, 0) is 0 Å². The first-order valence-electron chi connectivity index (χ1n) is 9.30. The molecule has 0 aromatic heterocycles. The molecular formula is C21H22FNO3. The summed E-state index contributed by atoms with van der Waals surface area (Å²) in [6.07, 6.45) is 3.47. The normalized spacial score (nSPS) is 29.0. The van der Waals surface area contributed by atoms with Crippen LogP contribution < -0.4 is 19.5 Å². The van der Waals surface area contributed by atoms with Gasteiger partial charge >= 0.3 is 0 Å². The van der Waals surface area contributed by atoms with E-state index in [0.717, 1.165) is 23.7 Å². The fraction of sp³-hybridized carbons (Fsp3) is 0.429. The topological polar surface area (TPSA) is 39.7 Å². The van der Waals surface area contributed by atoms with Gasteiger partial charge in [0.1, 0.15) is 11.6 Å². The Bertz CT molecular complexity index is 794. The maximum atomic E-state index is 13.3. The molecule has 2 aromatic carbocycles. The molecule has 4 nitrogen and oxygen atoms in total. The number of halogens is 1. The van der Waals surface area contributed by atoms with E-state index in [0.29, 0.717) is 30.5 Å². The van der Waals surface area contributed by atoms with Crippen molar-refractivity contribution in [1.82, 2.24) is 5.32 Å².